The molecular formula is C8H16NO6P. The fraction of sp³-hybridized carbons (Fsp3) is 0.625. The smallest absolute Gasteiger partial charge is 0.329 e. The maximum Gasteiger partial charge on any atom is 0.329 e. The fourth-order valence-corrected chi connectivity index (χ4v) is 1.71. The second-order valence-corrected chi connectivity index (χ2v) is 4.73. The van der Waals surface area contributed by atoms with Crippen molar-refractivity contribution >= 4 is 13.6 Å². The number of carbonyl (C=O) groups is 1. The van der Waals surface area contributed by atoms with E-state index in [1.165, 1.54) is 0 Å². The zero-order valence-corrected chi connectivity index (χ0v) is 9.76. The average Bonchev–Trinajstić information content (AvgIpc) is 2.14. The van der Waals surface area contributed by atoms with Crippen LogP contribution in [0.3, 0.4) is 0 Å². The molecule has 0 aromatic carbocycles. The van der Waals surface area contributed by atoms with E-state index in [1.54, 1.807) is 6.92 Å². The molecule has 0 saturated heterocycles. The monoisotopic (exact) mass is 253 g/mol. The van der Waals surface area contributed by atoms with Gasteiger partial charge in [0.2, 0.25) is 0 Å². The van der Waals surface area contributed by atoms with E-state index in [0.29, 0.717) is 0 Å². The third kappa shape index (κ3) is 6.71. The van der Waals surface area contributed by atoms with Crippen LogP contribution in [0.4, 0.5) is 0 Å². The van der Waals surface area contributed by atoms with Crippen molar-refractivity contribution < 1.29 is 29.0 Å². The molecule has 0 heterocycles. The Hall–Kier alpha value is -0.720. The lowest BCUT2D eigenvalue weighted by atomic mass is 10.2. The first-order chi connectivity index (χ1) is 7.30. The quantitative estimate of drug-likeness (QED) is 0.270. The minimum atomic E-state index is -4.28. The molecule has 0 rings (SSSR count). The highest BCUT2D eigenvalue weighted by Crippen LogP contribution is 2.36. The molecule has 94 valence electrons. The molecule has 0 aromatic heterocycles. The summed E-state index contributed by atoms with van der Waals surface area (Å²) in [6.45, 7) is 1.20. The molecule has 7 nitrogen and oxygen atoms in total. The number of hydrogen-bond donors (Lipinski definition) is 4. The minimum absolute atomic E-state index is 0.00823. The van der Waals surface area contributed by atoms with E-state index >= 15 is 0 Å². The summed E-state index contributed by atoms with van der Waals surface area (Å²) in [5.74, 6) is -0.709. The number of ether oxygens (including phenoxy) is 1. The van der Waals surface area contributed by atoms with Gasteiger partial charge in [0.1, 0.15) is 6.04 Å². The normalized spacial score (nSPS) is 14.7. The Morgan fingerprint density at radius 1 is 1.56 bits per heavy atom. The zero-order chi connectivity index (χ0) is 12.8. The number of carbonyl (C=O) groups excluding carboxylic acids is 1. The number of esters is 1. The zero-order valence-electron chi connectivity index (χ0n) is 8.87. The molecule has 0 aromatic rings. The van der Waals surface area contributed by atoms with Gasteiger partial charge in [-0.2, -0.15) is 0 Å². The Balaban J connectivity index is 4.57. The van der Waals surface area contributed by atoms with Crippen molar-refractivity contribution in [2.24, 2.45) is 5.73 Å². The summed E-state index contributed by atoms with van der Waals surface area (Å²) in [7, 11) is -4.28. The van der Waals surface area contributed by atoms with E-state index < -0.39 is 32.4 Å². The Labute approximate surface area is 93.1 Å². The van der Waals surface area contributed by atoms with Crippen molar-refractivity contribution in [3.05, 3.63) is 11.6 Å². The highest BCUT2D eigenvalue weighted by molar-refractivity contribution is 7.52. The van der Waals surface area contributed by atoms with Gasteiger partial charge in [-0.1, -0.05) is 6.08 Å². The van der Waals surface area contributed by atoms with Crippen LogP contribution in [0.2, 0.25) is 0 Å². The maximum absolute atomic E-state index is 11.1. The molecule has 0 aliphatic carbocycles. The third-order valence-electron chi connectivity index (χ3n) is 1.59. The molecule has 16 heavy (non-hydrogen) atoms. The van der Waals surface area contributed by atoms with Gasteiger partial charge in [0.25, 0.3) is 0 Å². The van der Waals surface area contributed by atoms with Crippen LogP contribution in [0.25, 0.3) is 0 Å². The summed E-state index contributed by atoms with van der Waals surface area (Å²) >= 11 is 0. The SMILES string of the molecule is CCOC(=O)C(N)/C=C(/CO)CP(=O)(O)O. The van der Waals surface area contributed by atoms with Crippen LogP contribution in [0.15, 0.2) is 11.6 Å². The van der Waals surface area contributed by atoms with Gasteiger partial charge in [-0.05, 0) is 12.5 Å². The average molecular weight is 253 g/mol. The molecule has 5 N–H and O–H groups in total. The number of hydrogen-bond acceptors (Lipinski definition) is 5. The minimum Gasteiger partial charge on any atom is -0.465 e. The number of aliphatic hydroxyl groups excluding tert-OH is 1. The van der Waals surface area contributed by atoms with Crippen molar-refractivity contribution in [2.75, 3.05) is 19.4 Å². The van der Waals surface area contributed by atoms with E-state index in [4.69, 9.17) is 20.6 Å². The molecule has 0 radical (unpaired) electrons. The van der Waals surface area contributed by atoms with Crippen LogP contribution in [-0.2, 0) is 14.1 Å². The Kier molecular flexibility index (Phi) is 6.47. The van der Waals surface area contributed by atoms with E-state index in [0.717, 1.165) is 6.08 Å². The summed E-state index contributed by atoms with van der Waals surface area (Å²) in [5, 5.41) is 8.83. The van der Waals surface area contributed by atoms with Crippen LogP contribution in [0.5, 0.6) is 0 Å². The molecule has 0 fully saturated rings. The van der Waals surface area contributed by atoms with E-state index in [2.05, 4.69) is 4.74 Å². The third-order valence-corrected chi connectivity index (χ3v) is 2.40. The molecule has 0 saturated carbocycles. The number of aliphatic hydroxyl groups is 1. The molecule has 0 amide bonds. The van der Waals surface area contributed by atoms with E-state index in [-0.39, 0.29) is 12.2 Å². The van der Waals surface area contributed by atoms with E-state index in [1.807, 2.05) is 0 Å². The topological polar surface area (TPSA) is 130 Å². The Morgan fingerprint density at radius 2 is 2.12 bits per heavy atom. The van der Waals surface area contributed by atoms with Crippen LogP contribution >= 0.6 is 7.60 Å². The van der Waals surface area contributed by atoms with Crippen LogP contribution in [0.1, 0.15) is 6.92 Å². The van der Waals surface area contributed by atoms with Crippen LogP contribution in [-0.4, -0.2) is 46.3 Å². The first-order valence-corrected chi connectivity index (χ1v) is 6.37. The second kappa shape index (κ2) is 6.78. The van der Waals surface area contributed by atoms with Gasteiger partial charge in [-0.25, -0.2) is 0 Å². The van der Waals surface area contributed by atoms with Crippen molar-refractivity contribution in [1.29, 1.82) is 0 Å². The molecule has 0 aliphatic rings. The van der Waals surface area contributed by atoms with Gasteiger partial charge in [-0.15, -0.1) is 0 Å². The first kappa shape index (κ1) is 15.3. The molecule has 1 unspecified atom stereocenters. The highest BCUT2D eigenvalue weighted by atomic mass is 31.2. The summed E-state index contributed by atoms with van der Waals surface area (Å²) in [4.78, 5) is 28.4. The van der Waals surface area contributed by atoms with Crippen molar-refractivity contribution in [1.82, 2.24) is 0 Å². The van der Waals surface area contributed by atoms with Crippen molar-refractivity contribution in [3.8, 4) is 0 Å². The predicted molar refractivity (Wildman–Crippen MR) is 56.7 cm³/mol. The molecular weight excluding hydrogens is 237 g/mol. The van der Waals surface area contributed by atoms with Crippen LogP contribution in [0, 0.1) is 0 Å². The molecule has 0 spiro atoms. The first-order valence-electron chi connectivity index (χ1n) is 4.57. The number of nitrogens with two attached hydrogens (primary N) is 1. The fourth-order valence-electron chi connectivity index (χ4n) is 0.980. The Morgan fingerprint density at radius 3 is 2.50 bits per heavy atom. The summed E-state index contributed by atoms with van der Waals surface area (Å²) in [6, 6.07) is -1.13. The van der Waals surface area contributed by atoms with Crippen molar-refractivity contribution in [2.45, 2.75) is 13.0 Å². The highest BCUT2D eigenvalue weighted by Gasteiger charge is 2.18. The lowest BCUT2D eigenvalue weighted by Gasteiger charge is -2.10. The summed E-state index contributed by atoms with van der Waals surface area (Å²) < 4.78 is 15.3. The van der Waals surface area contributed by atoms with Gasteiger partial charge in [0.15, 0.2) is 0 Å². The summed E-state index contributed by atoms with van der Waals surface area (Å²) in [6.07, 6.45) is 0.466. The molecule has 0 bridgehead atoms. The molecule has 0 aliphatic heterocycles. The van der Waals surface area contributed by atoms with E-state index in [9.17, 15) is 9.36 Å². The Bertz CT molecular complexity index is 310. The second-order valence-electron chi connectivity index (χ2n) is 3.08. The van der Waals surface area contributed by atoms with Gasteiger partial charge in [0.05, 0.1) is 19.4 Å². The maximum atomic E-state index is 11.1. The van der Waals surface area contributed by atoms with Crippen LogP contribution < -0.4 is 5.73 Å². The lowest BCUT2D eigenvalue weighted by molar-refractivity contribution is -0.143. The molecule has 1 atom stereocenters. The standard InChI is InChI=1S/C8H16NO6P/c1-2-15-8(11)7(9)3-6(4-10)5-16(12,13)14/h3,7,10H,2,4-5,9H2,1H3,(H2,12,13,14)/b6-3-. The lowest BCUT2D eigenvalue weighted by Crippen LogP contribution is -2.31. The van der Waals surface area contributed by atoms with Gasteiger partial charge >= 0.3 is 13.6 Å². The van der Waals surface area contributed by atoms with Gasteiger partial charge in [0, 0.05) is 0 Å². The van der Waals surface area contributed by atoms with Gasteiger partial charge in [-0.3, -0.25) is 9.36 Å². The largest absolute Gasteiger partial charge is 0.465 e. The molecule has 8 heteroatoms. The summed E-state index contributed by atoms with van der Waals surface area (Å²) in [5.41, 5.74) is 5.39. The predicted octanol–water partition coefficient (Wildman–Crippen LogP) is -1.03. The van der Waals surface area contributed by atoms with Gasteiger partial charge < -0.3 is 25.4 Å². The van der Waals surface area contributed by atoms with Crippen molar-refractivity contribution in [3.63, 3.8) is 0 Å². The number of rotatable bonds is 6.